The van der Waals surface area contributed by atoms with Crippen molar-refractivity contribution in [1.29, 1.82) is 0 Å². The molecule has 0 radical (unpaired) electrons. The fraction of sp³-hybridized carbons (Fsp3) is 0.0833. The second kappa shape index (κ2) is 5.01. The number of hydrogen-bond acceptors (Lipinski definition) is 3. The van der Waals surface area contributed by atoms with E-state index in [0.717, 1.165) is 0 Å². The average Bonchev–Trinajstić information content (AvgIpc) is 2.34. The number of ketones is 1. The monoisotopic (exact) mass is 250 g/mol. The smallest absolute Gasteiger partial charge is 0.170 e. The predicted octanol–water partition coefficient (Wildman–Crippen LogP) is 2.69. The Bertz CT molecular complexity index is 545. The van der Waals surface area contributed by atoms with Crippen molar-refractivity contribution in [3.8, 4) is 0 Å². The molecule has 0 bridgehead atoms. The number of carbonyl (C=O) groups excluding carboxylic acids is 1. The van der Waals surface area contributed by atoms with Crippen LogP contribution in [-0.4, -0.2) is 15.8 Å². The van der Waals surface area contributed by atoms with Gasteiger partial charge in [-0.1, -0.05) is 17.7 Å². The summed E-state index contributed by atoms with van der Waals surface area (Å²) in [6.07, 6.45) is 4.11. The van der Waals surface area contributed by atoms with Gasteiger partial charge in [-0.15, -0.1) is 0 Å². The summed E-state index contributed by atoms with van der Waals surface area (Å²) in [5.41, 5.74) is 0.671. The van der Waals surface area contributed by atoms with Crippen LogP contribution in [0.4, 0.5) is 4.39 Å². The van der Waals surface area contributed by atoms with Gasteiger partial charge in [0.05, 0.1) is 5.56 Å². The molecule has 5 heteroatoms. The van der Waals surface area contributed by atoms with Crippen LogP contribution in [0.25, 0.3) is 0 Å². The van der Waals surface area contributed by atoms with Gasteiger partial charge in [-0.05, 0) is 17.7 Å². The molecule has 1 aromatic carbocycles. The molecule has 0 amide bonds. The lowest BCUT2D eigenvalue weighted by Gasteiger charge is -2.02. The lowest BCUT2D eigenvalue weighted by Crippen LogP contribution is -2.06. The van der Waals surface area contributed by atoms with Crippen LogP contribution < -0.4 is 0 Å². The van der Waals surface area contributed by atoms with Gasteiger partial charge in [0.1, 0.15) is 12.1 Å². The highest BCUT2D eigenvalue weighted by Gasteiger charge is 2.11. The minimum absolute atomic E-state index is 0.0314. The summed E-state index contributed by atoms with van der Waals surface area (Å²) in [4.78, 5) is 19.2. The summed E-state index contributed by atoms with van der Waals surface area (Å²) in [5.74, 6) is -0.713. The van der Waals surface area contributed by atoms with Gasteiger partial charge < -0.3 is 0 Å². The number of Topliss-reactive ketones (excluding diaryl/α,β-unsaturated/α-hetero) is 1. The number of hydrogen-bond donors (Lipinski definition) is 0. The topological polar surface area (TPSA) is 42.9 Å². The molecule has 0 saturated carbocycles. The molecule has 1 heterocycles. The Morgan fingerprint density at radius 2 is 2.00 bits per heavy atom. The zero-order valence-corrected chi connectivity index (χ0v) is 9.49. The summed E-state index contributed by atoms with van der Waals surface area (Å²) in [5, 5.41) is 0.307. The molecule has 17 heavy (non-hydrogen) atoms. The van der Waals surface area contributed by atoms with Gasteiger partial charge in [-0.3, -0.25) is 4.79 Å². The summed E-state index contributed by atoms with van der Waals surface area (Å²) < 4.78 is 13.5. The molecule has 0 atom stereocenters. The van der Waals surface area contributed by atoms with Crippen LogP contribution in [0.5, 0.6) is 0 Å². The van der Waals surface area contributed by atoms with Crippen LogP contribution in [0.2, 0.25) is 5.02 Å². The molecule has 86 valence electrons. The molecule has 0 spiro atoms. The predicted molar refractivity (Wildman–Crippen MR) is 61.5 cm³/mol. The van der Waals surface area contributed by atoms with Gasteiger partial charge in [-0.2, -0.15) is 0 Å². The second-order valence-corrected chi connectivity index (χ2v) is 3.90. The average molecular weight is 251 g/mol. The highest BCUT2D eigenvalue weighted by atomic mass is 35.5. The number of halogens is 2. The maximum atomic E-state index is 13.5. The standard InChI is InChI=1S/C12H8ClFN2O/c13-10-2-1-8(11(14)4-10)3-12(17)9-5-15-7-16-6-9/h1-2,4-7H,3H2. The molecule has 2 aromatic rings. The molecule has 0 aliphatic heterocycles. The molecule has 2 rings (SSSR count). The molecule has 1 aromatic heterocycles. The van der Waals surface area contributed by atoms with Crippen LogP contribution in [0.3, 0.4) is 0 Å². The van der Waals surface area contributed by atoms with Crippen molar-refractivity contribution < 1.29 is 9.18 Å². The van der Waals surface area contributed by atoms with Crippen LogP contribution in [-0.2, 0) is 6.42 Å². The zero-order chi connectivity index (χ0) is 12.3. The Balaban J connectivity index is 2.19. The molecule has 0 N–H and O–H groups in total. The normalized spacial score (nSPS) is 10.2. The number of nitrogens with zero attached hydrogens (tertiary/aromatic N) is 2. The summed E-state index contributed by atoms with van der Waals surface area (Å²) in [6, 6.07) is 4.24. The third-order valence-corrected chi connectivity index (χ3v) is 2.48. The third-order valence-electron chi connectivity index (χ3n) is 2.25. The molecule has 0 unspecified atom stereocenters. The fourth-order valence-electron chi connectivity index (χ4n) is 1.38. The van der Waals surface area contributed by atoms with Gasteiger partial charge in [-0.25, -0.2) is 14.4 Å². The van der Waals surface area contributed by atoms with Gasteiger partial charge >= 0.3 is 0 Å². The van der Waals surface area contributed by atoms with Gasteiger partial charge in [0.25, 0.3) is 0 Å². The van der Waals surface area contributed by atoms with Crippen molar-refractivity contribution >= 4 is 17.4 Å². The van der Waals surface area contributed by atoms with Crippen LogP contribution in [0.1, 0.15) is 15.9 Å². The second-order valence-electron chi connectivity index (χ2n) is 3.46. The minimum atomic E-state index is -0.484. The summed E-state index contributed by atoms with van der Waals surface area (Å²) in [7, 11) is 0. The van der Waals surface area contributed by atoms with E-state index in [-0.39, 0.29) is 12.2 Å². The lowest BCUT2D eigenvalue weighted by molar-refractivity contribution is 0.0991. The quantitative estimate of drug-likeness (QED) is 0.787. The first-order valence-corrected chi connectivity index (χ1v) is 5.27. The van der Waals surface area contributed by atoms with Crippen molar-refractivity contribution in [2.45, 2.75) is 6.42 Å². The van der Waals surface area contributed by atoms with Gasteiger partial charge in [0.15, 0.2) is 5.78 Å². The van der Waals surface area contributed by atoms with E-state index in [1.54, 1.807) is 6.07 Å². The van der Waals surface area contributed by atoms with E-state index >= 15 is 0 Å². The first kappa shape index (κ1) is 11.7. The van der Waals surface area contributed by atoms with Crippen molar-refractivity contribution in [3.63, 3.8) is 0 Å². The highest BCUT2D eigenvalue weighted by Crippen LogP contribution is 2.16. The van der Waals surface area contributed by atoms with E-state index in [1.807, 2.05) is 0 Å². The number of aromatic nitrogens is 2. The summed E-state index contributed by atoms with van der Waals surface area (Å²) >= 11 is 5.63. The lowest BCUT2D eigenvalue weighted by atomic mass is 10.1. The Morgan fingerprint density at radius 3 is 2.65 bits per heavy atom. The molecule has 0 aliphatic carbocycles. The van der Waals surface area contributed by atoms with Gasteiger partial charge in [0, 0.05) is 23.8 Å². The van der Waals surface area contributed by atoms with Crippen molar-refractivity contribution in [2.75, 3.05) is 0 Å². The molecule has 0 fully saturated rings. The largest absolute Gasteiger partial charge is 0.294 e. The first-order chi connectivity index (χ1) is 8.16. The molecular formula is C12H8ClFN2O. The Hall–Kier alpha value is -1.81. The van der Waals surface area contributed by atoms with E-state index in [2.05, 4.69) is 9.97 Å². The number of carbonyl (C=O) groups is 1. The fourth-order valence-corrected chi connectivity index (χ4v) is 1.54. The van der Waals surface area contributed by atoms with E-state index in [4.69, 9.17) is 11.6 Å². The van der Waals surface area contributed by atoms with E-state index in [0.29, 0.717) is 16.1 Å². The maximum absolute atomic E-state index is 13.5. The maximum Gasteiger partial charge on any atom is 0.170 e. The SMILES string of the molecule is O=C(Cc1ccc(Cl)cc1F)c1cncnc1. The molecular weight excluding hydrogens is 243 g/mol. The Kier molecular flexibility index (Phi) is 3.44. The van der Waals surface area contributed by atoms with Crippen molar-refractivity contribution in [3.05, 3.63) is 58.9 Å². The highest BCUT2D eigenvalue weighted by molar-refractivity contribution is 6.30. The van der Waals surface area contributed by atoms with Crippen molar-refractivity contribution in [2.24, 2.45) is 0 Å². The molecule has 3 nitrogen and oxygen atoms in total. The van der Waals surface area contributed by atoms with Crippen LogP contribution >= 0.6 is 11.6 Å². The Labute approximate surface area is 102 Å². The Morgan fingerprint density at radius 1 is 1.29 bits per heavy atom. The first-order valence-electron chi connectivity index (χ1n) is 4.89. The third kappa shape index (κ3) is 2.85. The van der Waals surface area contributed by atoms with Crippen molar-refractivity contribution in [1.82, 2.24) is 9.97 Å². The summed E-state index contributed by atoms with van der Waals surface area (Å²) in [6.45, 7) is 0. The van der Waals surface area contributed by atoms with Crippen LogP contribution in [0, 0.1) is 5.82 Å². The van der Waals surface area contributed by atoms with E-state index < -0.39 is 5.82 Å². The van der Waals surface area contributed by atoms with E-state index in [1.165, 1.54) is 30.9 Å². The minimum Gasteiger partial charge on any atom is -0.294 e. The van der Waals surface area contributed by atoms with E-state index in [9.17, 15) is 9.18 Å². The number of rotatable bonds is 3. The number of benzene rings is 1. The zero-order valence-electron chi connectivity index (χ0n) is 8.73. The molecule has 0 aliphatic rings. The van der Waals surface area contributed by atoms with Crippen LogP contribution in [0.15, 0.2) is 36.9 Å². The molecule has 0 saturated heterocycles. The van der Waals surface area contributed by atoms with Gasteiger partial charge in [0.2, 0.25) is 0 Å².